The molecule has 0 unspecified atom stereocenters. The Kier molecular flexibility index (Phi) is 37.2. The van der Waals surface area contributed by atoms with Crippen LogP contribution in [0.15, 0.2) is 213 Å². The molecule has 14 aromatic rings. The predicted molar refractivity (Wildman–Crippen MR) is 535 cm³/mol. The van der Waals surface area contributed by atoms with Crippen molar-refractivity contribution >= 4 is 216 Å². The molecule has 14 rings (SSSR count). The highest BCUT2D eigenvalue weighted by atomic mass is 79.9. The maximum absolute atomic E-state index is 12.5. The van der Waals surface area contributed by atoms with Gasteiger partial charge in [0.25, 0.3) is 0 Å². The third kappa shape index (κ3) is 25.4. The number of hydrogen-bond donors (Lipinski definition) is 31. The van der Waals surface area contributed by atoms with Crippen molar-refractivity contribution in [1.82, 2.24) is 0 Å². The van der Waals surface area contributed by atoms with E-state index in [1.807, 2.05) is 0 Å². The minimum Gasteiger partial charge on any atom is -0.507 e. The fourth-order valence-electron chi connectivity index (χ4n) is 11.5. The van der Waals surface area contributed by atoms with Crippen LogP contribution >= 0.6 is 175 Å². The van der Waals surface area contributed by atoms with Gasteiger partial charge in [-0.3, -0.25) is 33.6 Å². The summed E-state index contributed by atoms with van der Waals surface area (Å²) in [6.45, 7) is 1.58. The predicted octanol–water partition coefficient (Wildman–Crippen LogP) is 20.0. The Morgan fingerprint density at radius 1 is 0.163 bits per heavy atom. The molecule has 0 bridgehead atoms. The number of benzene rings is 14. The maximum Gasteiger partial charge on any atom is 0.202 e. The molecule has 0 atom stereocenters. The lowest BCUT2D eigenvalue weighted by Crippen LogP contribution is -2.04. The van der Waals surface area contributed by atoms with Crippen LogP contribution < -0.4 is 0 Å². The normalized spacial score (nSPS) is 10.5. The van der Waals surface area contributed by atoms with Crippen molar-refractivity contribution in [2.75, 3.05) is 0 Å². The first-order valence-electron chi connectivity index (χ1n) is 37.6. The molecule has 0 aliphatic carbocycles. The first kappa shape index (κ1) is 112. The fraction of sp³-hybridized carbons (Fsp3) is 0.0109. The molecule has 14 aromatic carbocycles. The highest BCUT2D eigenvalue weighted by Gasteiger charge is 2.32. The van der Waals surface area contributed by atoms with Crippen molar-refractivity contribution in [3.05, 3.63) is 296 Å². The van der Waals surface area contributed by atoms with Crippen LogP contribution in [-0.4, -0.2) is 199 Å². The number of carbonyl (C=O) groups excluding carboxylic acids is 7. The number of phenolic OH excluding ortho intramolecular Hbond substituents is 31. The maximum atomic E-state index is 12.5. The standard InChI is InChI=1S/C14H10Br2O5.2C13H7Br3O5.C13H8Br2O5.C13H9BrO6.2C13H10O6/c1-5-8(15)2-7(14(21)12(5)19)13(20)6-3-10(17)11(18)4-9(6)16;14-5-2-8(18)7(17)1-4(5)12(20)10-11(16)6(15)3-9(19)13(10)21;14-5-3-8(18)13(21)9(10(5)16)11(19)4-1-6(15)12(20)7(17)2-4;14-6-4-9(18)13(20)10(11(6)15)12(19)5-1-2-7(16)8(17)3-5;14-7-4-6(11(18)13(20)12(7)19)10(17)5-1-2-8(15)9(16)3-5;14-7-2-1-6(5-10(7)17)12(18)11-8(15)3-4-9(16)13(11)19;14-8-3-1-2-7(12(8)18)11(17)6-4-9(15)13(19)10(16)5-6/h2-4,17-19,21H,1H3;1-3,17-19,21H;1-3,17-18,20-21H;1-4,16-18,20H;1-4,15-16,18-20H;1-5,14-17,19H;1-5,14-16,18-19H. The van der Waals surface area contributed by atoms with E-state index in [0.717, 1.165) is 91.0 Å². The second-order valence-electron chi connectivity index (χ2n) is 28.2. The summed E-state index contributed by atoms with van der Waals surface area (Å²) in [5.74, 6) is -21.1. The Morgan fingerprint density at radius 2 is 0.447 bits per heavy atom. The van der Waals surface area contributed by atoms with E-state index in [1.165, 1.54) is 72.8 Å². The molecule has 0 spiro atoms. The van der Waals surface area contributed by atoms with E-state index in [0.29, 0.717) is 23.5 Å². The third-order valence-corrected chi connectivity index (χ3v) is 28.2. The molecule has 49 heteroatoms. The molecular formula is C92H61Br11O38. The van der Waals surface area contributed by atoms with Crippen LogP contribution in [0, 0.1) is 6.92 Å². The van der Waals surface area contributed by atoms with Gasteiger partial charge in [-0.1, -0.05) is 22.0 Å². The van der Waals surface area contributed by atoms with Crippen LogP contribution in [0.1, 0.15) is 117 Å². The number of ketones is 7. The van der Waals surface area contributed by atoms with Crippen LogP contribution in [-0.2, 0) is 0 Å². The Hall–Kier alpha value is -14.2. The average molecular weight is 2650 g/mol. The Balaban J connectivity index is 0.000000201. The fourth-order valence-corrected chi connectivity index (χ4v) is 16.5. The lowest BCUT2D eigenvalue weighted by Gasteiger charge is -2.11. The molecule has 0 saturated carbocycles. The van der Waals surface area contributed by atoms with Gasteiger partial charge in [-0.25, -0.2) is 0 Å². The van der Waals surface area contributed by atoms with Gasteiger partial charge in [0.05, 0.1) is 42.3 Å². The second kappa shape index (κ2) is 46.7. The SMILES string of the molecule is Cc1c(Br)cc(C(=O)c2cc(O)c(O)cc2Br)c(O)c1O.O=C(c1cc(O)c(O)c(Br)c1)c1c(O)c(O)cc(Br)c1Br.O=C(c1cc(O)c(O)c(O)c1)c1cccc(O)c1O.O=C(c1cc(O)c(O)cc1Br)c1c(O)c(O)cc(Br)c1Br.O=C(c1ccc(O)c(O)c1)c1c(O)c(O)cc(Br)c1Br.O=C(c1ccc(O)c(O)c1)c1c(O)ccc(O)c1O.O=C(c1ccc(O)c(O)c1)c1cc(Br)c(O)c(O)c1O. The van der Waals surface area contributed by atoms with E-state index in [4.69, 9.17) is 5.11 Å². The number of rotatable bonds is 14. The summed E-state index contributed by atoms with van der Waals surface area (Å²) in [5, 5.41) is 294. The highest BCUT2D eigenvalue weighted by Crippen LogP contribution is 2.51. The van der Waals surface area contributed by atoms with Crippen molar-refractivity contribution in [3.63, 3.8) is 0 Å². The number of hydrogen-bond acceptors (Lipinski definition) is 38. The molecule has 0 saturated heterocycles. The number of aromatic hydroxyl groups is 31. The molecule has 141 heavy (non-hydrogen) atoms. The van der Waals surface area contributed by atoms with Gasteiger partial charge in [-0.05, 0) is 324 Å². The van der Waals surface area contributed by atoms with Crippen LogP contribution in [0.2, 0.25) is 0 Å². The molecule has 0 heterocycles. The Morgan fingerprint density at radius 3 is 0.865 bits per heavy atom. The largest absolute Gasteiger partial charge is 0.507 e. The van der Waals surface area contributed by atoms with Gasteiger partial charge in [0.2, 0.25) is 11.5 Å². The summed E-state index contributed by atoms with van der Waals surface area (Å²) in [6, 6.07) is 31.1. The quantitative estimate of drug-likeness (QED) is 0.0273. The van der Waals surface area contributed by atoms with E-state index in [9.17, 15) is 187 Å². The molecule has 0 aromatic heterocycles. The molecule has 0 amide bonds. The van der Waals surface area contributed by atoms with Crippen LogP contribution in [0.5, 0.6) is 178 Å². The smallest absolute Gasteiger partial charge is 0.202 e. The van der Waals surface area contributed by atoms with Crippen molar-refractivity contribution in [1.29, 1.82) is 0 Å². The topological polar surface area (TPSA) is 747 Å². The van der Waals surface area contributed by atoms with E-state index < -0.39 is 201 Å². The molecule has 0 aliphatic heterocycles. The minimum atomic E-state index is -0.828. The van der Waals surface area contributed by atoms with E-state index >= 15 is 0 Å². The summed E-state index contributed by atoms with van der Waals surface area (Å²) < 4.78 is 3.01. The summed E-state index contributed by atoms with van der Waals surface area (Å²) in [6.07, 6.45) is 0. The van der Waals surface area contributed by atoms with E-state index in [1.54, 1.807) is 6.92 Å². The summed E-state index contributed by atoms with van der Waals surface area (Å²) in [5.41, 5.74) is -1.26. The zero-order valence-corrected chi connectivity index (χ0v) is 86.9. The van der Waals surface area contributed by atoms with Gasteiger partial charge in [0, 0.05) is 84.8 Å². The summed E-state index contributed by atoms with van der Waals surface area (Å²) >= 11 is 34.2. The molecule has 0 fully saturated rings. The monoisotopic (exact) mass is 2640 g/mol. The van der Waals surface area contributed by atoms with Crippen LogP contribution in [0.3, 0.4) is 0 Å². The molecule has 734 valence electrons. The van der Waals surface area contributed by atoms with Crippen LogP contribution in [0.25, 0.3) is 0 Å². The number of halogens is 11. The van der Waals surface area contributed by atoms with Gasteiger partial charge in [-0.15, -0.1) is 0 Å². The summed E-state index contributed by atoms with van der Waals surface area (Å²) in [4.78, 5) is 86.1. The van der Waals surface area contributed by atoms with Crippen molar-refractivity contribution in [2.45, 2.75) is 6.92 Å². The first-order valence-corrected chi connectivity index (χ1v) is 46.3. The highest BCUT2D eigenvalue weighted by molar-refractivity contribution is 9.14. The minimum absolute atomic E-state index is 0.00686. The third-order valence-electron chi connectivity index (χ3n) is 18.9. The van der Waals surface area contributed by atoms with Crippen molar-refractivity contribution < 1.29 is 192 Å². The first-order chi connectivity index (χ1) is 65.7. The molecule has 0 radical (unpaired) electrons. The van der Waals surface area contributed by atoms with E-state index in [2.05, 4.69) is 175 Å². The van der Waals surface area contributed by atoms with Gasteiger partial charge >= 0.3 is 0 Å². The van der Waals surface area contributed by atoms with Gasteiger partial charge in [0.15, 0.2) is 201 Å². The zero-order valence-electron chi connectivity index (χ0n) is 69.5. The molecular weight excluding hydrogens is 2590 g/mol. The molecule has 0 aliphatic rings. The van der Waals surface area contributed by atoms with E-state index in [-0.39, 0.29) is 127 Å². The van der Waals surface area contributed by atoms with Crippen molar-refractivity contribution in [3.8, 4) is 178 Å². The van der Waals surface area contributed by atoms with Gasteiger partial charge in [0.1, 0.15) is 11.3 Å². The Bertz CT molecular complexity index is 7330. The average Bonchev–Trinajstić information content (AvgIpc) is 0.786. The zero-order chi connectivity index (χ0) is 106. The lowest BCUT2D eigenvalue weighted by atomic mass is 10.00. The van der Waals surface area contributed by atoms with Crippen molar-refractivity contribution in [2.24, 2.45) is 0 Å². The van der Waals surface area contributed by atoms with Gasteiger partial charge < -0.3 is 158 Å². The number of phenols is 31. The van der Waals surface area contributed by atoms with Crippen LogP contribution in [0.4, 0.5) is 0 Å². The second-order valence-corrected chi connectivity index (χ2v) is 37.4. The summed E-state index contributed by atoms with van der Waals surface area (Å²) in [7, 11) is 0. The lowest BCUT2D eigenvalue weighted by molar-refractivity contribution is 0.102. The molecule has 31 N–H and O–H groups in total. The van der Waals surface area contributed by atoms with Gasteiger partial charge in [-0.2, -0.15) is 0 Å². The number of carbonyl (C=O) groups is 7. The Labute approximate surface area is 880 Å². The number of para-hydroxylation sites is 1. The molecule has 38 nitrogen and oxygen atoms in total.